The lowest BCUT2D eigenvalue weighted by molar-refractivity contribution is 0.102. The minimum atomic E-state index is -0.443. The number of carbonyl (C=O) groups excluding carboxylic acids is 1. The molecule has 1 heterocycles. The van der Waals surface area contributed by atoms with E-state index in [4.69, 9.17) is 5.73 Å². The number of pyridine rings is 1. The van der Waals surface area contributed by atoms with Crippen molar-refractivity contribution in [3.05, 3.63) is 52.0 Å². The minimum Gasteiger partial charge on any atom is -0.399 e. The molecule has 0 atom stereocenters. The second kappa shape index (κ2) is 5.36. The topological polar surface area (TPSA) is 68.0 Å². The highest BCUT2D eigenvalue weighted by Gasteiger charge is 2.11. The highest BCUT2D eigenvalue weighted by molar-refractivity contribution is 9.10. The number of aromatic nitrogens is 1. The third-order valence-electron chi connectivity index (χ3n) is 2.53. The number of nitrogens with one attached hydrogen (secondary N) is 1. The molecule has 0 aliphatic heterocycles. The lowest BCUT2D eigenvalue weighted by Crippen LogP contribution is -2.14. The van der Waals surface area contributed by atoms with Crippen molar-refractivity contribution in [1.82, 2.24) is 4.98 Å². The van der Waals surface area contributed by atoms with Gasteiger partial charge in [-0.3, -0.25) is 9.78 Å². The second-order valence-corrected chi connectivity index (χ2v) is 4.86. The fourth-order valence-electron chi connectivity index (χ4n) is 1.54. The average Bonchev–Trinajstić information content (AvgIpc) is 2.36. The maximum Gasteiger partial charge on any atom is 0.274 e. The molecule has 98 valence electrons. The lowest BCUT2D eigenvalue weighted by Gasteiger charge is -2.09. The Labute approximate surface area is 118 Å². The fourth-order valence-corrected chi connectivity index (χ4v) is 2.00. The van der Waals surface area contributed by atoms with E-state index in [0.29, 0.717) is 15.8 Å². The van der Waals surface area contributed by atoms with E-state index >= 15 is 0 Å². The molecular weight excluding hydrogens is 313 g/mol. The quantitative estimate of drug-likeness (QED) is 0.892. The van der Waals surface area contributed by atoms with E-state index < -0.39 is 11.7 Å². The van der Waals surface area contributed by atoms with Crippen molar-refractivity contribution in [2.45, 2.75) is 6.92 Å². The Morgan fingerprint density at radius 2 is 2.16 bits per heavy atom. The number of nitrogens with zero attached hydrogens (tertiary/aromatic N) is 1. The monoisotopic (exact) mass is 323 g/mol. The number of benzene rings is 1. The SMILES string of the molecule is Cc1cc(Br)c(F)cc1NC(=O)c1cc(N)ccn1. The third kappa shape index (κ3) is 3.08. The number of amides is 1. The number of nitrogen functional groups attached to an aromatic ring is 1. The maximum absolute atomic E-state index is 13.4. The fraction of sp³-hybridized carbons (Fsp3) is 0.0769. The molecule has 4 nitrogen and oxygen atoms in total. The highest BCUT2D eigenvalue weighted by Crippen LogP contribution is 2.24. The highest BCUT2D eigenvalue weighted by atomic mass is 79.9. The Balaban J connectivity index is 2.27. The molecule has 0 saturated heterocycles. The van der Waals surface area contributed by atoms with Crippen LogP contribution in [-0.4, -0.2) is 10.9 Å². The number of rotatable bonds is 2. The summed E-state index contributed by atoms with van der Waals surface area (Å²) in [5.74, 6) is -0.876. The van der Waals surface area contributed by atoms with E-state index in [2.05, 4.69) is 26.2 Å². The first-order chi connectivity index (χ1) is 8.97. The van der Waals surface area contributed by atoms with Crippen LogP contribution < -0.4 is 11.1 Å². The van der Waals surface area contributed by atoms with E-state index in [1.165, 1.54) is 18.3 Å². The van der Waals surface area contributed by atoms with Crippen molar-refractivity contribution in [1.29, 1.82) is 0 Å². The van der Waals surface area contributed by atoms with Crippen molar-refractivity contribution in [2.24, 2.45) is 0 Å². The summed E-state index contributed by atoms with van der Waals surface area (Å²) in [4.78, 5) is 15.9. The molecule has 0 fully saturated rings. The van der Waals surface area contributed by atoms with E-state index in [1.807, 2.05) is 0 Å². The second-order valence-electron chi connectivity index (χ2n) is 4.01. The van der Waals surface area contributed by atoms with Crippen LogP contribution >= 0.6 is 15.9 Å². The first kappa shape index (κ1) is 13.5. The zero-order valence-corrected chi connectivity index (χ0v) is 11.7. The minimum absolute atomic E-state index is 0.183. The van der Waals surface area contributed by atoms with Gasteiger partial charge in [-0.25, -0.2) is 4.39 Å². The van der Waals surface area contributed by atoms with E-state index in [-0.39, 0.29) is 5.69 Å². The number of anilines is 2. The van der Waals surface area contributed by atoms with Gasteiger partial charge in [0.05, 0.1) is 4.47 Å². The summed E-state index contributed by atoms with van der Waals surface area (Å²) in [6, 6.07) is 5.89. The van der Waals surface area contributed by atoms with Crippen LogP contribution in [0.5, 0.6) is 0 Å². The van der Waals surface area contributed by atoms with Gasteiger partial charge in [-0.05, 0) is 52.7 Å². The molecule has 0 saturated carbocycles. The van der Waals surface area contributed by atoms with Crippen LogP contribution in [0.1, 0.15) is 16.1 Å². The molecule has 0 bridgehead atoms. The molecule has 1 aromatic carbocycles. The molecule has 0 aliphatic carbocycles. The number of nitrogens with two attached hydrogens (primary N) is 1. The van der Waals surface area contributed by atoms with Crippen LogP contribution in [0.3, 0.4) is 0 Å². The molecule has 2 aromatic rings. The van der Waals surface area contributed by atoms with Crippen LogP contribution in [-0.2, 0) is 0 Å². The van der Waals surface area contributed by atoms with Crippen molar-refractivity contribution in [3.63, 3.8) is 0 Å². The number of halogens is 2. The van der Waals surface area contributed by atoms with Crippen molar-refractivity contribution < 1.29 is 9.18 Å². The van der Waals surface area contributed by atoms with Gasteiger partial charge in [0.1, 0.15) is 11.5 Å². The third-order valence-corrected chi connectivity index (χ3v) is 3.14. The van der Waals surface area contributed by atoms with Gasteiger partial charge < -0.3 is 11.1 Å². The van der Waals surface area contributed by atoms with Gasteiger partial charge in [-0.15, -0.1) is 0 Å². The van der Waals surface area contributed by atoms with Crippen molar-refractivity contribution in [2.75, 3.05) is 11.1 Å². The summed E-state index contributed by atoms with van der Waals surface area (Å²) in [7, 11) is 0. The Hall–Kier alpha value is -1.95. The Bertz CT molecular complexity index is 646. The predicted molar refractivity (Wildman–Crippen MR) is 75.4 cm³/mol. The molecule has 6 heteroatoms. The summed E-state index contributed by atoms with van der Waals surface area (Å²) < 4.78 is 13.8. The number of hydrogen-bond donors (Lipinski definition) is 2. The van der Waals surface area contributed by atoms with Gasteiger partial charge in [0.2, 0.25) is 0 Å². The Kier molecular flexibility index (Phi) is 3.80. The van der Waals surface area contributed by atoms with Gasteiger partial charge in [0, 0.05) is 17.6 Å². The lowest BCUT2D eigenvalue weighted by atomic mass is 10.2. The summed E-state index contributed by atoms with van der Waals surface area (Å²) in [6.45, 7) is 1.77. The molecule has 0 aliphatic rings. The molecule has 1 amide bonds. The van der Waals surface area contributed by atoms with E-state index in [9.17, 15) is 9.18 Å². The van der Waals surface area contributed by atoms with Crippen LogP contribution in [0.25, 0.3) is 0 Å². The Morgan fingerprint density at radius 1 is 1.42 bits per heavy atom. The first-order valence-electron chi connectivity index (χ1n) is 5.46. The van der Waals surface area contributed by atoms with Crippen LogP contribution in [0.15, 0.2) is 34.9 Å². The van der Waals surface area contributed by atoms with E-state index in [1.54, 1.807) is 19.1 Å². The Morgan fingerprint density at radius 3 is 2.84 bits per heavy atom. The van der Waals surface area contributed by atoms with Crippen LogP contribution in [0.4, 0.5) is 15.8 Å². The average molecular weight is 324 g/mol. The van der Waals surface area contributed by atoms with Gasteiger partial charge in [-0.1, -0.05) is 0 Å². The maximum atomic E-state index is 13.4. The summed E-state index contributed by atoms with van der Waals surface area (Å²) in [5, 5.41) is 2.60. The molecule has 0 spiro atoms. The normalized spacial score (nSPS) is 10.3. The number of aryl methyl sites for hydroxylation is 1. The molecule has 1 aromatic heterocycles. The molecule has 0 unspecified atom stereocenters. The van der Waals surface area contributed by atoms with Gasteiger partial charge in [-0.2, -0.15) is 0 Å². The largest absolute Gasteiger partial charge is 0.399 e. The number of hydrogen-bond acceptors (Lipinski definition) is 3. The molecule has 0 radical (unpaired) electrons. The van der Waals surface area contributed by atoms with Gasteiger partial charge >= 0.3 is 0 Å². The number of carbonyl (C=O) groups is 1. The molecule has 2 rings (SSSR count). The molecule has 19 heavy (non-hydrogen) atoms. The van der Waals surface area contributed by atoms with Crippen molar-refractivity contribution >= 4 is 33.2 Å². The molecular formula is C13H11BrFN3O. The summed E-state index contributed by atoms with van der Waals surface area (Å²) in [6.07, 6.45) is 1.44. The van der Waals surface area contributed by atoms with E-state index in [0.717, 1.165) is 5.56 Å². The smallest absolute Gasteiger partial charge is 0.274 e. The standard InChI is InChI=1S/C13H11BrFN3O/c1-7-4-9(14)10(15)6-11(7)18-13(19)12-5-8(16)2-3-17-12/h2-6H,1H3,(H2,16,17)(H,18,19). The van der Waals surface area contributed by atoms with Crippen LogP contribution in [0, 0.1) is 12.7 Å². The van der Waals surface area contributed by atoms with Gasteiger partial charge in [0.25, 0.3) is 5.91 Å². The molecule has 3 N–H and O–H groups in total. The van der Waals surface area contributed by atoms with Gasteiger partial charge in [0.15, 0.2) is 0 Å². The summed E-state index contributed by atoms with van der Waals surface area (Å²) in [5.41, 5.74) is 7.34. The van der Waals surface area contributed by atoms with Crippen molar-refractivity contribution in [3.8, 4) is 0 Å². The summed E-state index contributed by atoms with van der Waals surface area (Å²) >= 11 is 3.08. The zero-order valence-electron chi connectivity index (χ0n) is 10.1. The first-order valence-corrected chi connectivity index (χ1v) is 6.25. The van der Waals surface area contributed by atoms with Crippen LogP contribution in [0.2, 0.25) is 0 Å². The zero-order chi connectivity index (χ0) is 14.0. The predicted octanol–water partition coefficient (Wildman–Crippen LogP) is 3.13.